The van der Waals surface area contributed by atoms with Gasteiger partial charge in [0.2, 0.25) is 5.95 Å². The van der Waals surface area contributed by atoms with Crippen LogP contribution in [0.4, 0.5) is 5.95 Å². The molecule has 2 aromatic carbocycles. The average molecular weight is 507 g/mol. The summed E-state index contributed by atoms with van der Waals surface area (Å²) in [6, 6.07) is 16.7. The van der Waals surface area contributed by atoms with Crippen molar-refractivity contribution < 1.29 is 12.6 Å². The Morgan fingerprint density at radius 1 is 1.14 bits per heavy atom. The second-order valence-corrected chi connectivity index (χ2v) is 11.8. The molecule has 0 bridgehead atoms. The Labute approximate surface area is 214 Å². The molecule has 1 saturated heterocycles. The summed E-state index contributed by atoms with van der Waals surface area (Å²) >= 11 is 0. The summed E-state index contributed by atoms with van der Waals surface area (Å²) in [6.45, 7) is 12.1. The number of anilines is 1. The normalized spacial score (nSPS) is 18.3. The van der Waals surface area contributed by atoms with E-state index in [9.17, 15) is 8.42 Å². The third-order valence-corrected chi connectivity index (χ3v) is 7.56. The molecule has 2 unspecified atom stereocenters. The molecule has 1 fully saturated rings. The molecule has 0 spiro atoms. The molecule has 8 heteroatoms. The number of benzene rings is 2. The number of aromatic nitrogens is 2. The van der Waals surface area contributed by atoms with Gasteiger partial charge in [-0.1, -0.05) is 48.5 Å². The molecule has 3 aromatic rings. The molecule has 0 radical (unpaired) electrons. The van der Waals surface area contributed by atoms with Gasteiger partial charge in [0, 0.05) is 35.5 Å². The second-order valence-electron chi connectivity index (χ2n) is 10.2. The maximum atomic E-state index is 12.6. The quantitative estimate of drug-likeness (QED) is 0.403. The zero-order valence-corrected chi connectivity index (χ0v) is 22.1. The number of aryl methyl sites for hydroxylation is 1. The Morgan fingerprint density at radius 2 is 1.83 bits per heavy atom. The van der Waals surface area contributed by atoms with Crippen molar-refractivity contribution in [1.82, 2.24) is 15.3 Å². The van der Waals surface area contributed by atoms with Gasteiger partial charge in [0.15, 0.2) is 0 Å². The van der Waals surface area contributed by atoms with Crippen LogP contribution in [-0.4, -0.2) is 36.1 Å². The maximum Gasteiger partial charge on any atom is 0.297 e. The van der Waals surface area contributed by atoms with E-state index >= 15 is 0 Å². The van der Waals surface area contributed by atoms with Gasteiger partial charge in [0.1, 0.15) is 0 Å². The lowest BCUT2D eigenvalue weighted by Gasteiger charge is -2.38. The van der Waals surface area contributed by atoms with Gasteiger partial charge in [-0.05, 0) is 64.3 Å². The summed E-state index contributed by atoms with van der Waals surface area (Å²) in [5.41, 5.74) is 4.74. The standard InChI is InChI=1S/C28H34N4O3S/c1-19-6-12-25(13-7-19)36(33,34)35-21(3)17-22-8-10-23(11-9-22)26-14-15-29-27(31-26)30-24-16-20(2)32-28(4,5)18-24/h6-15,21,24,32H,2,16-18H2,1,3-5H3,(H,29,30,31). The van der Waals surface area contributed by atoms with Crippen molar-refractivity contribution in [2.24, 2.45) is 0 Å². The lowest BCUT2D eigenvalue weighted by Crippen LogP contribution is -2.48. The lowest BCUT2D eigenvalue weighted by molar-refractivity contribution is 0.229. The molecule has 0 amide bonds. The van der Waals surface area contributed by atoms with E-state index in [1.165, 1.54) is 0 Å². The monoisotopic (exact) mass is 506 g/mol. The van der Waals surface area contributed by atoms with E-state index in [2.05, 4.69) is 36.0 Å². The van der Waals surface area contributed by atoms with Crippen LogP contribution in [0.3, 0.4) is 0 Å². The third-order valence-electron chi connectivity index (χ3n) is 6.13. The van der Waals surface area contributed by atoms with Crippen LogP contribution in [0.2, 0.25) is 0 Å². The first-order chi connectivity index (χ1) is 17.0. The highest BCUT2D eigenvalue weighted by Crippen LogP contribution is 2.26. The predicted octanol–water partition coefficient (Wildman–Crippen LogP) is 5.24. The van der Waals surface area contributed by atoms with Gasteiger partial charge in [-0.25, -0.2) is 9.97 Å². The van der Waals surface area contributed by atoms with E-state index < -0.39 is 16.2 Å². The molecule has 0 aliphatic carbocycles. The van der Waals surface area contributed by atoms with Crippen LogP contribution in [-0.2, 0) is 20.7 Å². The van der Waals surface area contributed by atoms with Crippen LogP contribution in [0.15, 0.2) is 78.0 Å². The number of rotatable bonds is 8. The van der Waals surface area contributed by atoms with Crippen LogP contribution in [0.1, 0.15) is 44.7 Å². The van der Waals surface area contributed by atoms with Gasteiger partial charge in [-0.15, -0.1) is 0 Å². The van der Waals surface area contributed by atoms with Crippen molar-refractivity contribution in [3.63, 3.8) is 0 Å². The van der Waals surface area contributed by atoms with E-state index in [0.717, 1.165) is 40.9 Å². The highest BCUT2D eigenvalue weighted by Gasteiger charge is 2.29. The first-order valence-corrected chi connectivity index (χ1v) is 13.5. The van der Waals surface area contributed by atoms with Crippen molar-refractivity contribution in [2.75, 3.05) is 5.32 Å². The Balaban J connectivity index is 1.39. The Kier molecular flexibility index (Phi) is 7.47. The minimum Gasteiger partial charge on any atom is -0.384 e. The fourth-order valence-electron chi connectivity index (χ4n) is 4.59. The van der Waals surface area contributed by atoms with Crippen molar-refractivity contribution in [2.45, 2.75) is 69.5 Å². The van der Waals surface area contributed by atoms with Crippen molar-refractivity contribution in [3.8, 4) is 11.3 Å². The molecule has 36 heavy (non-hydrogen) atoms. The van der Waals surface area contributed by atoms with Crippen LogP contribution in [0, 0.1) is 6.92 Å². The topological polar surface area (TPSA) is 93.2 Å². The molecule has 0 saturated carbocycles. The van der Waals surface area contributed by atoms with E-state index in [0.29, 0.717) is 12.4 Å². The van der Waals surface area contributed by atoms with Gasteiger partial charge in [0.05, 0.1) is 16.7 Å². The molecule has 2 atom stereocenters. The van der Waals surface area contributed by atoms with Crippen LogP contribution >= 0.6 is 0 Å². The summed E-state index contributed by atoms with van der Waals surface area (Å²) in [6.07, 6.45) is 3.49. The highest BCUT2D eigenvalue weighted by molar-refractivity contribution is 7.86. The molecule has 7 nitrogen and oxygen atoms in total. The number of hydrogen-bond acceptors (Lipinski definition) is 7. The van der Waals surface area contributed by atoms with E-state index in [-0.39, 0.29) is 16.5 Å². The van der Waals surface area contributed by atoms with Crippen molar-refractivity contribution in [3.05, 3.63) is 84.2 Å². The van der Waals surface area contributed by atoms with Gasteiger partial charge < -0.3 is 10.6 Å². The molecular weight excluding hydrogens is 472 g/mol. The molecule has 1 aromatic heterocycles. The zero-order valence-electron chi connectivity index (χ0n) is 21.3. The molecule has 2 heterocycles. The minimum absolute atomic E-state index is 0.0270. The second kappa shape index (κ2) is 10.4. The number of hydrogen-bond donors (Lipinski definition) is 2. The highest BCUT2D eigenvalue weighted by atomic mass is 32.2. The summed E-state index contributed by atoms with van der Waals surface area (Å²) < 4.78 is 30.5. The van der Waals surface area contributed by atoms with Gasteiger partial charge in [-0.2, -0.15) is 8.42 Å². The summed E-state index contributed by atoms with van der Waals surface area (Å²) in [5.74, 6) is 0.593. The fourth-order valence-corrected chi connectivity index (χ4v) is 5.68. The summed E-state index contributed by atoms with van der Waals surface area (Å²) in [5, 5.41) is 6.89. The molecule has 190 valence electrons. The van der Waals surface area contributed by atoms with Crippen LogP contribution < -0.4 is 10.6 Å². The number of nitrogens with zero attached hydrogens (tertiary/aromatic N) is 2. The van der Waals surface area contributed by atoms with Gasteiger partial charge in [0.25, 0.3) is 10.1 Å². The van der Waals surface area contributed by atoms with Crippen molar-refractivity contribution in [1.29, 1.82) is 0 Å². The van der Waals surface area contributed by atoms with E-state index in [4.69, 9.17) is 9.17 Å². The lowest BCUT2D eigenvalue weighted by atomic mass is 9.88. The van der Waals surface area contributed by atoms with Gasteiger partial charge in [-0.3, -0.25) is 4.18 Å². The van der Waals surface area contributed by atoms with Crippen LogP contribution in [0.5, 0.6) is 0 Å². The average Bonchev–Trinajstić information content (AvgIpc) is 2.78. The first kappa shape index (κ1) is 25.9. The summed E-state index contributed by atoms with van der Waals surface area (Å²) in [7, 11) is -3.81. The molecule has 1 aliphatic rings. The fraction of sp³-hybridized carbons (Fsp3) is 0.357. The van der Waals surface area contributed by atoms with Crippen LogP contribution in [0.25, 0.3) is 11.3 Å². The Morgan fingerprint density at radius 3 is 2.50 bits per heavy atom. The Bertz CT molecular complexity index is 1320. The number of nitrogens with one attached hydrogen (secondary N) is 2. The van der Waals surface area contributed by atoms with E-state index in [1.54, 1.807) is 37.4 Å². The number of piperidine rings is 1. The first-order valence-electron chi connectivity index (χ1n) is 12.1. The largest absolute Gasteiger partial charge is 0.384 e. The zero-order chi connectivity index (χ0) is 25.9. The molecule has 1 aliphatic heterocycles. The SMILES string of the molecule is C=C1CC(Nc2nccc(-c3ccc(CC(C)OS(=O)(=O)c4ccc(C)cc4)cc3)n2)CC(C)(C)N1. The maximum absolute atomic E-state index is 12.6. The van der Waals surface area contributed by atoms with Crippen molar-refractivity contribution >= 4 is 16.1 Å². The minimum atomic E-state index is -3.81. The molecular formula is C28H34N4O3S. The van der Waals surface area contributed by atoms with Gasteiger partial charge >= 0.3 is 0 Å². The predicted molar refractivity (Wildman–Crippen MR) is 143 cm³/mol. The van der Waals surface area contributed by atoms with E-state index in [1.807, 2.05) is 37.3 Å². The third kappa shape index (κ3) is 6.71. The smallest absolute Gasteiger partial charge is 0.297 e. The Hall–Kier alpha value is -3.23. The molecule has 2 N–H and O–H groups in total. The molecule has 4 rings (SSSR count). The summed E-state index contributed by atoms with van der Waals surface area (Å²) in [4.78, 5) is 9.29.